The molecule has 0 bridgehead atoms. The van der Waals surface area contributed by atoms with Gasteiger partial charge in [0.1, 0.15) is 11.5 Å². The molecule has 0 fully saturated rings. The summed E-state index contributed by atoms with van der Waals surface area (Å²) in [4.78, 5) is 35.0. The van der Waals surface area contributed by atoms with Crippen molar-refractivity contribution in [1.82, 2.24) is 5.43 Å². The highest BCUT2D eigenvalue weighted by Crippen LogP contribution is 2.29. The number of carbonyl (C=O) groups excluding carboxylic acids is 2. The summed E-state index contributed by atoms with van der Waals surface area (Å²) in [6.07, 6.45) is -0.149. The second-order valence-electron chi connectivity index (χ2n) is 6.87. The molecule has 0 aromatic heterocycles. The summed E-state index contributed by atoms with van der Waals surface area (Å²) >= 11 is 0. The molecule has 0 aliphatic heterocycles. The molecular weight excluding hydrogens is 416 g/mol. The highest BCUT2D eigenvalue weighted by atomic mass is 16.6. The summed E-state index contributed by atoms with van der Waals surface area (Å²) in [5.74, 6) is -1.12. The van der Waals surface area contributed by atoms with Gasteiger partial charge in [-0.2, -0.15) is 5.10 Å². The molecule has 3 rings (SSSR count). The van der Waals surface area contributed by atoms with E-state index in [9.17, 15) is 24.8 Å². The summed E-state index contributed by atoms with van der Waals surface area (Å²) in [7, 11) is 1.33. The molecule has 2 amide bonds. The molecule has 0 aliphatic carbocycles. The Labute approximate surface area is 182 Å². The molecule has 10 nitrogen and oxygen atoms in total. The third kappa shape index (κ3) is 5.17. The lowest BCUT2D eigenvalue weighted by atomic mass is 10.1. The van der Waals surface area contributed by atoms with Crippen molar-refractivity contribution < 1.29 is 24.4 Å². The molecule has 3 aromatic rings. The van der Waals surface area contributed by atoms with Gasteiger partial charge < -0.3 is 15.2 Å². The van der Waals surface area contributed by atoms with Gasteiger partial charge in [-0.15, -0.1) is 0 Å². The number of fused-ring (bicyclic) bond motifs is 1. The van der Waals surface area contributed by atoms with Crippen LogP contribution < -0.4 is 15.5 Å². The van der Waals surface area contributed by atoms with Crippen LogP contribution in [-0.2, 0) is 4.79 Å². The molecule has 0 heterocycles. The Morgan fingerprint density at radius 2 is 1.81 bits per heavy atom. The zero-order chi connectivity index (χ0) is 23.3. The SMILES string of the molecule is COc1cc([N+](=O)[O-])ccc1NC(=O)C/C(C)=N\NC(=O)c1cc2ccccc2cc1O. The molecule has 10 heteroatoms. The van der Waals surface area contributed by atoms with E-state index in [1.807, 2.05) is 24.3 Å². The van der Waals surface area contributed by atoms with E-state index in [1.165, 1.54) is 31.4 Å². The van der Waals surface area contributed by atoms with E-state index in [1.54, 1.807) is 13.0 Å². The number of carbonyl (C=O) groups is 2. The van der Waals surface area contributed by atoms with Gasteiger partial charge in [0.05, 0.1) is 35.8 Å². The number of nitrogens with one attached hydrogen (secondary N) is 2. The number of nitro benzene ring substituents is 1. The van der Waals surface area contributed by atoms with Gasteiger partial charge in [0, 0.05) is 11.8 Å². The minimum absolute atomic E-state index is 0.0558. The fourth-order valence-corrected chi connectivity index (χ4v) is 2.98. The lowest BCUT2D eigenvalue weighted by Crippen LogP contribution is -2.21. The highest BCUT2D eigenvalue weighted by molar-refractivity contribution is 6.07. The van der Waals surface area contributed by atoms with Crippen molar-refractivity contribution in [2.45, 2.75) is 13.3 Å². The monoisotopic (exact) mass is 436 g/mol. The molecule has 0 saturated carbocycles. The third-order valence-electron chi connectivity index (χ3n) is 4.54. The molecule has 0 radical (unpaired) electrons. The van der Waals surface area contributed by atoms with Gasteiger partial charge >= 0.3 is 0 Å². The minimum Gasteiger partial charge on any atom is -0.507 e. The number of amides is 2. The maximum atomic E-state index is 12.4. The van der Waals surface area contributed by atoms with Crippen LogP contribution in [0.25, 0.3) is 10.8 Å². The first-order valence-electron chi connectivity index (χ1n) is 9.46. The zero-order valence-corrected chi connectivity index (χ0v) is 17.3. The quantitative estimate of drug-likeness (QED) is 0.293. The molecule has 32 heavy (non-hydrogen) atoms. The van der Waals surface area contributed by atoms with Gasteiger partial charge in [-0.1, -0.05) is 24.3 Å². The van der Waals surface area contributed by atoms with E-state index in [4.69, 9.17) is 4.74 Å². The standard InChI is InChI=1S/C22H20N4O6/c1-13(9-21(28)23-18-8-7-16(26(30)31)12-20(18)32-2)24-25-22(29)17-10-14-5-3-4-6-15(14)11-19(17)27/h3-8,10-12,27H,9H2,1-2H3,(H,23,28)(H,25,29)/b24-13-. The van der Waals surface area contributed by atoms with E-state index >= 15 is 0 Å². The van der Waals surface area contributed by atoms with Crippen molar-refractivity contribution in [3.8, 4) is 11.5 Å². The summed E-state index contributed by atoms with van der Waals surface area (Å²) in [6, 6.07) is 14.1. The van der Waals surface area contributed by atoms with Gasteiger partial charge in [0.25, 0.3) is 11.6 Å². The number of nitro groups is 1. The van der Waals surface area contributed by atoms with Crippen molar-refractivity contribution in [2.24, 2.45) is 5.10 Å². The second kappa shape index (κ2) is 9.56. The number of non-ortho nitro benzene ring substituents is 1. The van der Waals surface area contributed by atoms with Crippen molar-refractivity contribution >= 4 is 39.7 Å². The largest absolute Gasteiger partial charge is 0.507 e. The fraction of sp³-hybridized carbons (Fsp3) is 0.136. The van der Waals surface area contributed by atoms with Gasteiger partial charge in [-0.3, -0.25) is 19.7 Å². The minimum atomic E-state index is -0.620. The molecule has 0 saturated heterocycles. The van der Waals surface area contributed by atoms with E-state index in [0.29, 0.717) is 5.71 Å². The zero-order valence-electron chi connectivity index (χ0n) is 17.3. The topological polar surface area (TPSA) is 143 Å². The van der Waals surface area contributed by atoms with Gasteiger partial charge in [-0.25, -0.2) is 5.43 Å². The van der Waals surface area contributed by atoms with Crippen molar-refractivity contribution in [3.05, 3.63) is 70.3 Å². The Hall–Kier alpha value is -4.47. The molecule has 3 aromatic carbocycles. The number of aromatic hydroxyl groups is 1. The number of benzene rings is 3. The lowest BCUT2D eigenvalue weighted by Gasteiger charge is -2.10. The number of methoxy groups -OCH3 is 1. The van der Waals surface area contributed by atoms with Crippen LogP contribution >= 0.6 is 0 Å². The van der Waals surface area contributed by atoms with Crippen molar-refractivity contribution in [1.29, 1.82) is 0 Å². The number of ether oxygens (including phenoxy) is 1. The molecule has 0 unspecified atom stereocenters. The van der Waals surface area contributed by atoms with E-state index in [0.717, 1.165) is 10.8 Å². The summed E-state index contributed by atoms with van der Waals surface area (Å²) in [5.41, 5.74) is 2.78. The van der Waals surface area contributed by atoms with Crippen LogP contribution in [-0.4, -0.2) is 34.7 Å². The average Bonchev–Trinajstić information content (AvgIpc) is 2.77. The van der Waals surface area contributed by atoms with Crippen LogP contribution in [0.15, 0.2) is 59.7 Å². The normalized spacial score (nSPS) is 11.1. The second-order valence-corrected chi connectivity index (χ2v) is 6.87. The molecule has 0 atom stereocenters. The first-order chi connectivity index (χ1) is 15.3. The summed E-state index contributed by atoms with van der Waals surface area (Å²) in [6.45, 7) is 1.55. The number of rotatable bonds is 7. The molecular formula is C22H20N4O6. The Morgan fingerprint density at radius 3 is 2.47 bits per heavy atom. The molecule has 0 aliphatic rings. The lowest BCUT2D eigenvalue weighted by molar-refractivity contribution is -0.384. The number of nitrogens with zero attached hydrogens (tertiary/aromatic N) is 2. The maximum Gasteiger partial charge on any atom is 0.275 e. The Balaban J connectivity index is 1.64. The number of phenols is 1. The Morgan fingerprint density at radius 1 is 1.12 bits per heavy atom. The van der Waals surface area contributed by atoms with Gasteiger partial charge in [-0.05, 0) is 35.9 Å². The first-order valence-corrected chi connectivity index (χ1v) is 9.46. The number of phenolic OH excluding ortho intramolecular Hbond substituents is 1. The summed E-state index contributed by atoms with van der Waals surface area (Å²) < 4.78 is 5.08. The highest BCUT2D eigenvalue weighted by Gasteiger charge is 2.15. The van der Waals surface area contributed by atoms with Crippen LogP contribution in [0.3, 0.4) is 0 Å². The first kappa shape index (κ1) is 22.2. The van der Waals surface area contributed by atoms with E-state index in [2.05, 4.69) is 15.8 Å². The predicted molar refractivity (Wildman–Crippen MR) is 119 cm³/mol. The van der Waals surface area contributed by atoms with Crippen LogP contribution in [0.5, 0.6) is 11.5 Å². The molecule has 0 spiro atoms. The third-order valence-corrected chi connectivity index (χ3v) is 4.54. The van der Waals surface area contributed by atoms with Crippen LogP contribution in [0.2, 0.25) is 0 Å². The number of anilines is 1. The van der Waals surface area contributed by atoms with Gasteiger partial charge in [0.2, 0.25) is 5.91 Å². The fourth-order valence-electron chi connectivity index (χ4n) is 2.98. The van der Waals surface area contributed by atoms with Crippen molar-refractivity contribution in [2.75, 3.05) is 12.4 Å². The van der Waals surface area contributed by atoms with Crippen LogP contribution in [0.4, 0.5) is 11.4 Å². The average molecular weight is 436 g/mol. The number of hydrogen-bond donors (Lipinski definition) is 3. The maximum absolute atomic E-state index is 12.4. The van der Waals surface area contributed by atoms with Gasteiger partial charge in [0.15, 0.2) is 0 Å². The summed E-state index contributed by atoms with van der Waals surface area (Å²) in [5, 5.41) is 29.1. The van der Waals surface area contributed by atoms with Crippen LogP contribution in [0, 0.1) is 10.1 Å². The Kier molecular flexibility index (Phi) is 6.64. The predicted octanol–water partition coefficient (Wildman–Crippen LogP) is 3.60. The molecule has 3 N–H and O–H groups in total. The Bertz CT molecular complexity index is 1240. The molecule has 164 valence electrons. The van der Waals surface area contributed by atoms with E-state index in [-0.39, 0.29) is 34.9 Å². The number of hydrogen-bond acceptors (Lipinski definition) is 7. The number of hydrazone groups is 1. The van der Waals surface area contributed by atoms with Crippen LogP contribution in [0.1, 0.15) is 23.7 Å². The van der Waals surface area contributed by atoms with Crippen molar-refractivity contribution in [3.63, 3.8) is 0 Å². The smallest absolute Gasteiger partial charge is 0.275 e. The van der Waals surface area contributed by atoms with E-state index < -0.39 is 16.7 Å².